The van der Waals surface area contributed by atoms with Crippen molar-refractivity contribution in [2.24, 2.45) is 0 Å². The van der Waals surface area contributed by atoms with Crippen LogP contribution in [0.2, 0.25) is 10.2 Å². The van der Waals surface area contributed by atoms with Crippen molar-refractivity contribution < 1.29 is 9.66 Å². The van der Waals surface area contributed by atoms with Crippen LogP contribution in [0.3, 0.4) is 0 Å². The lowest BCUT2D eigenvalue weighted by atomic mass is 10.1. The molecule has 2 aromatic rings. The van der Waals surface area contributed by atoms with E-state index >= 15 is 0 Å². The zero-order valence-electron chi connectivity index (χ0n) is 11.4. The molecule has 0 aliphatic carbocycles. The van der Waals surface area contributed by atoms with E-state index in [9.17, 15) is 10.1 Å². The van der Waals surface area contributed by atoms with Gasteiger partial charge in [0, 0.05) is 6.07 Å². The van der Waals surface area contributed by atoms with Gasteiger partial charge in [0.1, 0.15) is 11.8 Å². The Hall–Kier alpha value is -1.85. The zero-order valence-corrected chi connectivity index (χ0v) is 12.9. The number of nitro groups is 1. The number of nitro benzene ring substituents is 1. The van der Waals surface area contributed by atoms with E-state index < -0.39 is 4.92 Å². The normalized spacial score (nSPS) is 10.5. The number of hydrogen-bond donors (Lipinski definition) is 0. The molecule has 0 amide bonds. The summed E-state index contributed by atoms with van der Waals surface area (Å²) in [6, 6.07) is 6.45. The number of halogens is 2. The fourth-order valence-corrected chi connectivity index (χ4v) is 2.28. The number of rotatable bonds is 4. The number of benzene rings is 1. The van der Waals surface area contributed by atoms with Crippen LogP contribution in [0.4, 0.5) is 5.69 Å². The Morgan fingerprint density at radius 1 is 1.29 bits per heavy atom. The van der Waals surface area contributed by atoms with E-state index in [4.69, 9.17) is 27.9 Å². The second-order valence-electron chi connectivity index (χ2n) is 4.54. The number of pyridine rings is 1. The van der Waals surface area contributed by atoms with Gasteiger partial charge in [-0.2, -0.15) is 0 Å². The summed E-state index contributed by atoms with van der Waals surface area (Å²) in [7, 11) is 0. The molecule has 21 heavy (non-hydrogen) atoms. The Morgan fingerprint density at radius 3 is 2.67 bits per heavy atom. The molecule has 1 aromatic carbocycles. The maximum absolute atomic E-state index is 11.1. The smallest absolute Gasteiger partial charge is 0.311 e. The van der Waals surface area contributed by atoms with Crippen molar-refractivity contribution in [1.82, 2.24) is 4.98 Å². The third-order valence-electron chi connectivity index (χ3n) is 2.83. The minimum Gasteiger partial charge on any atom is -0.480 e. The summed E-state index contributed by atoms with van der Waals surface area (Å²) in [5.41, 5.74) is 1.83. The van der Waals surface area contributed by atoms with Crippen LogP contribution in [-0.4, -0.2) is 9.91 Å². The van der Waals surface area contributed by atoms with Crippen LogP contribution in [0.5, 0.6) is 5.75 Å². The summed E-state index contributed by atoms with van der Waals surface area (Å²) in [5, 5.41) is 11.8. The van der Waals surface area contributed by atoms with Crippen LogP contribution in [-0.2, 0) is 6.61 Å². The number of ether oxygens (including phenoxy) is 1. The predicted molar refractivity (Wildman–Crippen MR) is 81.2 cm³/mol. The van der Waals surface area contributed by atoms with Gasteiger partial charge < -0.3 is 4.74 Å². The molecular formula is C14H12Cl2N2O3. The summed E-state index contributed by atoms with van der Waals surface area (Å²) in [6.45, 7) is 3.55. The molecule has 0 aliphatic rings. The highest BCUT2D eigenvalue weighted by molar-refractivity contribution is 6.32. The molecule has 0 fully saturated rings. The molecular weight excluding hydrogens is 315 g/mol. The summed E-state index contributed by atoms with van der Waals surface area (Å²) >= 11 is 11.8. The molecule has 0 radical (unpaired) electrons. The third kappa shape index (κ3) is 3.62. The highest BCUT2D eigenvalue weighted by Gasteiger charge is 2.19. The van der Waals surface area contributed by atoms with Gasteiger partial charge in [-0.05, 0) is 37.1 Å². The second kappa shape index (κ2) is 6.28. The molecule has 0 unspecified atom stereocenters. The molecule has 0 aliphatic heterocycles. The lowest BCUT2D eigenvalue weighted by molar-refractivity contribution is -0.386. The average molecular weight is 327 g/mol. The van der Waals surface area contributed by atoms with E-state index in [1.807, 2.05) is 6.07 Å². The molecule has 0 bridgehead atoms. The zero-order chi connectivity index (χ0) is 15.6. The molecule has 0 N–H and O–H groups in total. The fourth-order valence-electron chi connectivity index (χ4n) is 1.95. The first-order valence-electron chi connectivity index (χ1n) is 6.08. The van der Waals surface area contributed by atoms with Crippen LogP contribution in [0.15, 0.2) is 24.3 Å². The van der Waals surface area contributed by atoms with Crippen molar-refractivity contribution in [3.05, 3.63) is 61.4 Å². The molecule has 7 heteroatoms. The minimum absolute atomic E-state index is 0.00410. The summed E-state index contributed by atoms with van der Waals surface area (Å²) in [6.07, 6.45) is 0. The third-order valence-corrected chi connectivity index (χ3v) is 3.39. The molecule has 0 spiro atoms. The van der Waals surface area contributed by atoms with Gasteiger partial charge in [-0.3, -0.25) is 10.1 Å². The lowest BCUT2D eigenvalue weighted by Crippen LogP contribution is -2.03. The Balaban J connectivity index is 2.32. The van der Waals surface area contributed by atoms with Crippen molar-refractivity contribution in [3.63, 3.8) is 0 Å². The van der Waals surface area contributed by atoms with Crippen LogP contribution < -0.4 is 4.74 Å². The first-order valence-corrected chi connectivity index (χ1v) is 6.83. The van der Waals surface area contributed by atoms with Crippen molar-refractivity contribution >= 4 is 28.9 Å². The quantitative estimate of drug-likeness (QED) is 0.471. The summed E-state index contributed by atoms with van der Waals surface area (Å²) in [4.78, 5) is 14.7. The Kier molecular flexibility index (Phi) is 4.65. The molecule has 1 aromatic heterocycles. The predicted octanol–water partition coefficient (Wildman–Crippen LogP) is 4.49. The lowest BCUT2D eigenvalue weighted by Gasteiger charge is -2.11. The summed E-state index contributed by atoms with van der Waals surface area (Å²) < 4.78 is 5.56. The standard InChI is InChI=1S/C14H12Cl2N2O3/c1-8-5-9(2)14(12(6-8)18(19)20)21-7-11-10(15)3-4-13(16)17-11/h3-6H,7H2,1-2H3. The van der Waals surface area contributed by atoms with E-state index in [1.54, 1.807) is 26.0 Å². The number of hydrogen-bond acceptors (Lipinski definition) is 4. The first kappa shape index (κ1) is 15.5. The van der Waals surface area contributed by atoms with Gasteiger partial charge in [0.2, 0.25) is 0 Å². The van der Waals surface area contributed by atoms with Gasteiger partial charge in [0.25, 0.3) is 0 Å². The summed E-state index contributed by atoms with van der Waals surface area (Å²) in [5.74, 6) is 0.212. The number of aromatic nitrogens is 1. The molecule has 0 saturated heterocycles. The number of aryl methyl sites for hydroxylation is 2. The molecule has 110 valence electrons. The van der Waals surface area contributed by atoms with Crippen LogP contribution in [0.1, 0.15) is 16.8 Å². The van der Waals surface area contributed by atoms with E-state index in [-0.39, 0.29) is 23.2 Å². The maximum Gasteiger partial charge on any atom is 0.311 e. The Morgan fingerprint density at radius 2 is 2.00 bits per heavy atom. The molecule has 5 nitrogen and oxygen atoms in total. The fraction of sp³-hybridized carbons (Fsp3) is 0.214. The van der Waals surface area contributed by atoms with Crippen LogP contribution in [0.25, 0.3) is 0 Å². The Bertz CT molecular complexity index is 705. The van der Waals surface area contributed by atoms with Gasteiger partial charge >= 0.3 is 5.69 Å². The largest absolute Gasteiger partial charge is 0.480 e. The van der Waals surface area contributed by atoms with Gasteiger partial charge in [-0.15, -0.1) is 0 Å². The number of nitrogens with zero attached hydrogens (tertiary/aromatic N) is 2. The Labute approximate surface area is 131 Å². The molecule has 0 saturated carbocycles. The highest BCUT2D eigenvalue weighted by atomic mass is 35.5. The topological polar surface area (TPSA) is 65.3 Å². The van der Waals surface area contributed by atoms with Gasteiger partial charge in [0.15, 0.2) is 5.75 Å². The molecule has 2 rings (SSSR count). The monoisotopic (exact) mass is 326 g/mol. The van der Waals surface area contributed by atoms with E-state index in [0.717, 1.165) is 5.56 Å². The average Bonchev–Trinajstić information content (AvgIpc) is 2.40. The molecule has 1 heterocycles. The van der Waals surface area contributed by atoms with Crippen molar-refractivity contribution in [1.29, 1.82) is 0 Å². The highest BCUT2D eigenvalue weighted by Crippen LogP contribution is 2.33. The molecule has 0 atom stereocenters. The van der Waals surface area contributed by atoms with Crippen molar-refractivity contribution in [2.75, 3.05) is 0 Å². The first-order chi connectivity index (χ1) is 9.88. The second-order valence-corrected chi connectivity index (χ2v) is 5.33. The van der Waals surface area contributed by atoms with Crippen molar-refractivity contribution in [2.45, 2.75) is 20.5 Å². The van der Waals surface area contributed by atoms with E-state index in [0.29, 0.717) is 16.3 Å². The SMILES string of the molecule is Cc1cc(C)c(OCc2nc(Cl)ccc2Cl)c([N+](=O)[O-])c1. The van der Waals surface area contributed by atoms with E-state index in [2.05, 4.69) is 4.98 Å². The van der Waals surface area contributed by atoms with Gasteiger partial charge in [-0.25, -0.2) is 4.98 Å². The minimum atomic E-state index is -0.470. The maximum atomic E-state index is 11.1. The van der Waals surface area contributed by atoms with Gasteiger partial charge in [-0.1, -0.05) is 29.3 Å². The van der Waals surface area contributed by atoms with Gasteiger partial charge in [0.05, 0.1) is 15.6 Å². The van der Waals surface area contributed by atoms with Crippen LogP contribution in [0, 0.1) is 24.0 Å². The van der Waals surface area contributed by atoms with Crippen LogP contribution >= 0.6 is 23.2 Å². The van der Waals surface area contributed by atoms with Crippen molar-refractivity contribution in [3.8, 4) is 5.75 Å². The van der Waals surface area contributed by atoms with E-state index in [1.165, 1.54) is 6.07 Å².